The van der Waals surface area contributed by atoms with Gasteiger partial charge in [0, 0.05) is 71.6 Å². The number of hydrogen-bond donors (Lipinski definition) is 2. The number of aliphatic hydroxyl groups excluding tert-OH is 2. The average molecular weight is 686 g/mol. The number of likely N-dealkylation sites (tertiary alicyclic amines) is 3. The molecule has 7 rings (SSSR count). The van der Waals surface area contributed by atoms with Crippen molar-refractivity contribution in [3.05, 3.63) is 108 Å². The van der Waals surface area contributed by atoms with Gasteiger partial charge in [-0.05, 0) is 37.5 Å². The fraction of sp³-hybridized carbons (Fsp3) is 0.538. The molecular weight excluding hydrogens is 629 g/mol. The number of ether oxygens (including phenoxy) is 3. The van der Waals surface area contributed by atoms with Crippen molar-refractivity contribution < 1.29 is 59.1 Å². The van der Waals surface area contributed by atoms with E-state index in [0.717, 1.165) is 33.3 Å². The first kappa shape index (κ1) is 41.7. The van der Waals surface area contributed by atoms with Crippen LogP contribution in [0.25, 0.3) is 0 Å². The van der Waals surface area contributed by atoms with E-state index >= 15 is 0 Å². The molecule has 3 aromatic carbocycles. The molecule has 2 N–H and O–H groups in total. The van der Waals surface area contributed by atoms with E-state index in [2.05, 4.69) is 90.1 Å². The van der Waals surface area contributed by atoms with Crippen LogP contribution in [0.3, 0.4) is 0 Å². The van der Waals surface area contributed by atoms with Crippen molar-refractivity contribution in [3.8, 4) is 0 Å². The number of nitrogens with zero attached hydrogens (tertiary/aromatic N) is 3. The number of methoxy groups -OCH3 is 2. The molecule has 3 aromatic rings. The Labute approximate surface area is 316 Å². The van der Waals surface area contributed by atoms with Crippen LogP contribution in [0, 0.1) is 0 Å². The Hall–Kier alpha value is -1.70. The van der Waals surface area contributed by atoms with Gasteiger partial charge in [-0.2, -0.15) is 7.11 Å². The maximum atomic E-state index is 9.79. The topological polar surface area (TPSA) is 104 Å². The third-order valence-electron chi connectivity index (χ3n) is 10.1. The summed E-state index contributed by atoms with van der Waals surface area (Å²) in [7, 11) is 4.06. The van der Waals surface area contributed by atoms with Crippen molar-refractivity contribution in [2.45, 2.75) is 75.5 Å². The molecule has 9 nitrogen and oxygen atoms in total. The van der Waals surface area contributed by atoms with Gasteiger partial charge in [0.2, 0.25) is 0 Å². The second-order valence-corrected chi connectivity index (χ2v) is 13.0. The summed E-state index contributed by atoms with van der Waals surface area (Å²) in [5, 5.41) is 27.8. The predicted molar refractivity (Wildman–Crippen MR) is 187 cm³/mol. The Morgan fingerprint density at radius 2 is 0.837 bits per heavy atom. The van der Waals surface area contributed by atoms with Crippen LogP contribution in [0.5, 0.6) is 0 Å². The number of aliphatic hydroxyl groups is 2. The van der Waals surface area contributed by atoms with Gasteiger partial charge in [0.25, 0.3) is 0 Å². The van der Waals surface area contributed by atoms with Gasteiger partial charge < -0.3 is 29.5 Å². The fourth-order valence-corrected chi connectivity index (χ4v) is 6.85. The molecule has 4 aliphatic rings. The van der Waals surface area contributed by atoms with E-state index in [0.29, 0.717) is 43.4 Å². The molecule has 49 heavy (non-hydrogen) atoms. The van der Waals surface area contributed by atoms with Crippen molar-refractivity contribution >= 4 is 0 Å². The summed E-state index contributed by atoms with van der Waals surface area (Å²) in [5.74, 6) is 0. The van der Waals surface area contributed by atoms with Crippen LogP contribution in [-0.4, -0.2) is 122 Å². The number of β-amino-alcohol motifs (C(OH)–C–C–N with tert-alkyl or cyclic N) is 2. The quantitative estimate of drug-likeness (QED) is 0.262. The van der Waals surface area contributed by atoms with Crippen LogP contribution < -0.4 is 34.7 Å². The Bertz CT molecular complexity index is 1230. The van der Waals surface area contributed by atoms with Gasteiger partial charge in [0.05, 0.1) is 36.6 Å². The largest absolute Gasteiger partial charge is 1.00 e. The summed E-state index contributed by atoms with van der Waals surface area (Å²) in [6.45, 7) is 11.8. The third-order valence-corrected chi connectivity index (χ3v) is 10.1. The first-order valence-corrected chi connectivity index (χ1v) is 17.1. The molecular formula is C39H56N3NaO6. The summed E-state index contributed by atoms with van der Waals surface area (Å²) in [6.07, 6.45) is 0.256. The molecule has 0 aromatic heterocycles. The van der Waals surface area contributed by atoms with E-state index in [-0.39, 0.29) is 54.0 Å². The minimum absolute atomic E-state index is 0. The van der Waals surface area contributed by atoms with Gasteiger partial charge >= 0.3 is 29.6 Å². The number of morpholine rings is 1. The van der Waals surface area contributed by atoms with Crippen LogP contribution in [0.1, 0.15) is 55.6 Å². The molecule has 2 unspecified atom stereocenters. The Kier molecular flexibility index (Phi) is 17.9. The van der Waals surface area contributed by atoms with Crippen molar-refractivity contribution in [2.75, 3.05) is 60.6 Å². The molecule has 264 valence electrons. The predicted octanol–water partition coefficient (Wildman–Crippen LogP) is 0.689. The molecule has 4 saturated heterocycles. The first-order valence-electron chi connectivity index (χ1n) is 17.1. The van der Waals surface area contributed by atoms with Crippen LogP contribution in [0.15, 0.2) is 91.0 Å². The van der Waals surface area contributed by atoms with Gasteiger partial charge in [-0.3, -0.25) is 14.7 Å². The average Bonchev–Trinajstić information content (AvgIpc) is 3.41. The van der Waals surface area contributed by atoms with E-state index in [1.807, 2.05) is 36.4 Å². The van der Waals surface area contributed by atoms with E-state index in [1.165, 1.54) is 16.7 Å². The minimum atomic E-state index is -0.365. The van der Waals surface area contributed by atoms with E-state index < -0.39 is 0 Å². The second kappa shape index (κ2) is 21.0. The van der Waals surface area contributed by atoms with Gasteiger partial charge in [0.1, 0.15) is 0 Å². The molecule has 9 atom stereocenters. The summed E-state index contributed by atoms with van der Waals surface area (Å²) in [5.41, 5.74) is 3.98. The Balaban J connectivity index is 0.000000192. The normalized spacial score (nSPS) is 27.9. The van der Waals surface area contributed by atoms with Gasteiger partial charge in [0.15, 0.2) is 0 Å². The first-order chi connectivity index (χ1) is 23.3. The zero-order valence-corrected chi connectivity index (χ0v) is 32.5. The van der Waals surface area contributed by atoms with E-state index in [4.69, 9.17) is 19.3 Å². The van der Waals surface area contributed by atoms with Crippen LogP contribution in [-0.2, 0) is 14.2 Å². The smallest absolute Gasteiger partial charge is 0.857 e. The minimum Gasteiger partial charge on any atom is -0.857 e. The molecule has 4 heterocycles. The van der Waals surface area contributed by atoms with Gasteiger partial charge in [-0.25, -0.2) is 0 Å². The Morgan fingerprint density at radius 1 is 0.551 bits per heavy atom. The maximum absolute atomic E-state index is 9.79. The third kappa shape index (κ3) is 11.7. The summed E-state index contributed by atoms with van der Waals surface area (Å²) in [6, 6.07) is 32.6. The molecule has 4 aliphatic heterocycles. The van der Waals surface area contributed by atoms with Crippen molar-refractivity contribution in [3.63, 3.8) is 0 Å². The number of epoxide rings is 1. The second-order valence-electron chi connectivity index (χ2n) is 13.0. The van der Waals surface area contributed by atoms with Crippen LogP contribution in [0.2, 0.25) is 0 Å². The molecule has 0 spiro atoms. The molecule has 0 aliphatic carbocycles. The number of benzene rings is 3. The number of rotatable bonds is 8. The number of hydrogen-bond acceptors (Lipinski definition) is 9. The molecule has 0 saturated carbocycles. The Morgan fingerprint density at radius 3 is 1.10 bits per heavy atom. The summed E-state index contributed by atoms with van der Waals surface area (Å²) in [4.78, 5) is 7.02. The maximum Gasteiger partial charge on any atom is 1.00 e. The van der Waals surface area contributed by atoms with Gasteiger partial charge in [-0.1, -0.05) is 91.0 Å². The monoisotopic (exact) mass is 685 g/mol. The fourth-order valence-electron chi connectivity index (χ4n) is 6.85. The SMILES string of the molecule is CO[C@@H]1CN([C@@H](C)c2ccccc2)C[C@H]1O.CO[C@H]1CN([C@@H](C)c2ccccc2)C[C@@H]1O.C[C@@H](c1ccccc1)N1CC2OC2C1.C[O-].[Na+]. The number of fused-ring (bicyclic) bond motifs is 1. The zero-order chi connectivity index (χ0) is 34.6. The summed E-state index contributed by atoms with van der Waals surface area (Å²) >= 11 is 0. The molecule has 10 heteroatoms. The van der Waals surface area contributed by atoms with Crippen LogP contribution >= 0.6 is 0 Å². The van der Waals surface area contributed by atoms with Crippen molar-refractivity contribution in [1.82, 2.24) is 14.7 Å². The molecule has 0 radical (unpaired) electrons. The van der Waals surface area contributed by atoms with Crippen LogP contribution in [0.4, 0.5) is 0 Å². The zero-order valence-electron chi connectivity index (χ0n) is 30.5. The van der Waals surface area contributed by atoms with E-state index in [1.54, 1.807) is 14.2 Å². The van der Waals surface area contributed by atoms with Gasteiger partial charge in [-0.15, -0.1) is 0 Å². The standard InChI is InChI=1S/2C13H19NO2.C12H15NO.CH3O.Na/c2*1-10(11-6-4-3-5-7-11)14-8-12(15)13(9-14)16-2;1-9(10-5-3-2-4-6-10)13-7-11-12(8-13)14-11;1-2;/h2*3-7,10,12-13,15H,8-9H2,1-2H3;2-6,9,11-12H,7-8H2,1H3;1H3;/q;;;-1;+1/t10-,12+,13+;10-,12-,13-;9-,11?,12?;;/m000../s1. The van der Waals surface area contributed by atoms with Crippen molar-refractivity contribution in [1.29, 1.82) is 0 Å². The molecule has 4 fully saturated rings. The molecule has 0 bridgehead atoms. The van der Waals surface area contributed by atoms with Crippen molar-refractivity contribution in [2.24, 2.45) is 0 Å². The van der Waals surface area contributed by atoms with E-state index in [9.17, 15) is 10.2 Å². The molecule has 0 amide bonds. The summed E-state index contributed by atoms with van der Waals surface area (Å²) < 4.78 is 15.9.